The first-order valence-corrected chi connectivity index (χ1v) is 10.9. The first-order chi connectivity index (χ1) is 12.7. The normalized spacial score (nSPS) is 18.0. The summed E-state index contributed by atoms with van der Waals surface area (Å²) in [4.78, 5) is -0.356. The highest BCUT2D eigenvalue weighted by molar-refractivity contribution is 9.10. The van der Waals surface area contributed by atoms with Crippen molar-refractivity contribution in [3.05, 3.63) is 75.8 Å². The summed E-state index contributed by atoms with van der Waals surface area (Å²) >= 11 is 3.52. The number of alkyl halides is 2. The second-order valence-corrected chi connectivity index (χ2v) is 9.92. The summed E-state index contributed by atoms with van der Waals surface area (Å²) in [6, 6.07) is 11.9. The summed E-state index contributed by atoms with van der Waals surface area (Å²) in [7, 11) is -4.58. The van der Waals surface area contributed by atoms with E-state index in [0.717, 1.165) is 45.2 Å². The van der Waals surface area contributed by atoms with Crippen molar-refractivity contribution in [1.82, 2.24) is 0 Å². The van der Waals surface area contributed by atoms with Gasteiger partial charge in [0.05, 0.1) is 4.90 Å². The van der Waals surface area contributed by atoms with Crippen LogP contribution in [0.15, 0.2) is 64.0 Å². The average molecular weight is 451 g/mol. The number of allylic oxidation sites excluding steroid dienone is 4. The number of hydrogen-bond donors (Lipinski definition) is 0. The van der Waals surface area contributed by atoms with Gasteiger partial charge in [0.25, 0.3) is 0 Å². The Hall–Kier alpha value is -1.79. The van der Waals surface area contributed by atoms with Crippen LogP contribution in [-0.4, -0.2) is 14.2 Å². The molecule has 1 spiro atoms. The highest BCUT2D eigenvalue weighted by Crippen LogP contribution is 2.57. The first-order valence-electron chi connectivity index (χ1n) is 8.57. The maximum atomic E-state index is 12.8. The van der Waals surface area contributed by atoms with Gasteiger partial charge in [0, 0.05) is 9.89 Å². The third-order valence-electron chi connectivity index (χ3n) is 5.18. The lowest BCUT2D eigenvalue weighted by molar-refractivity contribution is 0.234. The van der Waals surface area contributed by atoms with E-state index < -0.39 is 15.6 Å². The van der Waals surface area contributed by atoms with Gasteiger partial charge in [0.2, 0.25) is 9.84 Å². The highest BCUT2D eigenvalue weighted by atomic mass is 79.9. The van der Waals surface area contributed by atoms with Gasteiger partial charge in [0.1, 0.15) is 0 Å². The Bertz CT molecular complexity index is 1080. The highest BCUT2D eigenvalue weighted by Gasteiger charge is 2.43. The largest absolute Gasteiger partial charge is 0.341 e. The summed E-state index contributed by atoms with van der Waals surface area (Å²) < 4.78 is 49.8. The van der Waals surface area contributed by atoms with Gasteiger partial charge in [0.15, 0.2) is 0 Å². The van der Waals surface area contributed by atoms with Gasteiger partial charge in [-0.15, -0.1) is 0 Å². The summed E-state index contributed by atoms with van der Waals surface area (Å²) in [6.07, 6.45) is 6.67. The van der Waals surface area contributed by atoms with Crippen molar-refractivity contribution < 1.29 is 17.2 Å². The molecule has 0 aliphatic heterocycles. The molecule has 0 bridgehead atoms. The Labute approximate surface area is 165 Å². The van der Waals surface area contributed by atoms with Crippen LogP contribution in [0.25, 0.3) is 11.1 Å². The summed E-state index contributed by atoms with van der Waals surface area (Å²) in [5.74, 6) is -3.41. The van der Waals surface area contributed by atoms with Crippen LogP contribution < -0.4 is 0 Å². The van der Waals surface area contributed by atoms with Gasteiger partial charge < -0.3 is 0 Å². The molecule has 0 saturated heterocycles. The quantitative estimate of drug-likeness (QED) is 0.570. The van der Waals surface area contributed by atoms with Crippen LogP contribution in [0.2, 0.25) is 0 Å². The lowest BCUT2D eigenvalue weighted by Gasteiger charge is -2.12. The van der Waals surface area contributed by atoms with Gasteiger partial charge in [-0.05, 0) is 65.8 Å². The molecule has 0 N–H and O–H groups in total. The Morgan fingerprint density at radius 3 is 2.04 bits per heavy atom. The molecule has 0 radical (unpaired) electrons. The van der Waals surface area contributed by atoms with Gasteiger partial charge in [-0.2, -0.15) is 8.78 Å². The molecule has 1 saturated carbocycles. The van der Waals surface area contributed by atoms with E-state index >= 15 is 0 Å². The molecule has 2 nitrogen and oxygen atoms in total. The van der Waals surface area contributed by atoms with E-state index in [9.17, 15) is 17.2 Å². The van der Waals surface area contributed by atoms with Crippen LogP contribution in [0.3, 0.4) is 0 Å². The van der Waals surface area contributed by atoms with Crippen molar-refractivity contribution in [3.8, 4) is 0 Å². The topological polar surface area (TPSA) is 34.1 Å². The van der Waals surface area contributed by atoms with Gasteiger partial charge in [-0.3, -0.25) is 0 Å². The van der Waals surface area contributed by atoms with Crippen molar-refractivity contribution in [2.75, 3.05) is 0 Å². The number of halogens is 3. The fourth-order valence-corrected chi connectivity index (χ4v) is 4.39. The Morgan fingerprint density at radius 1 is 0.963 bits per heavy atom. The molecule has 4 rings (SSSR count). The van der Waals surface area contributed by atoms with Crippen LogP contribution in [0.4, 0.5) is 8.78 Å². The van der Waals surface area contributed by atoms with E-state index in [1.165, 1.54) is 12.1 Å². The zero-order valence-corrected chi connectivity index (χ0v) is 16.9. The van der Waals surface area contributed by atoms with Crippen molar-refractivity contribution in [3.63, 3.8) is 0 Å². The fourth-order valence-electron chi connectivity index (χ4n) is 3.42. The monoisotopic (exact) mass is 450 g/mol. The molecule has 0 amide bonds. The van der Waals surface area contributed by atoms with Gasteiger partial charge in [-0.25, -0.2) is 8.42 Å². The van der Waals surface area contributed by atoms with E-state index in [2.05, 4.69) is 34.1 Å². The van der Waals surface area contributed by atoms with Crippen LogP contribution in [0.5, 0.6) is 0 Å². The smallest absolute Gasteiger partial charge is 0.218 e. The third-order valence-corrected chi connectivity index (χ3v) is 7.47. The average Bonchev–Trinajstić information content (AvgIpc) is 3.28. The number of aryl methyl sites for hydroxylation is 1. The molecule has 0 atom stereocenters. The standard InChI is InChI=1S/C21H17BrF2O2S/c1-13-10-15(4-7-19(13)22)18-12-21(8-9-21)11-17(18)14-2-5-16(6-3-14)27(25,26)20(23)24/h2-7,10-12,20H,8-9H2,1H3. The summed E-state index contributed by atoms with van der Waals surface area (Å²) in [5.41, 5.74) is 5.26. The van der Waals surface area contributed by atoms with Crippen molar-refractivity contribution >= 4 is 36.9 Å². The number of hydrogen-bond acceptors (Lipinski definition) is 2. The number of benzene rings is 2. The lowest BCUT2D eigenvalue weighted by Crippen LogP contribution is -2.11. The third kappa shape index (κ3) is 3.29. The van der Waals surface area contributed by atoms with Crippen LogP contribution in [-0.2, 0) is 9.84 Å². The molecule has 6 heteroatoms. The van der Waals surface area contributed by atoms with E-state index in [1.54, 1.807) is 12.1 Å². The minimum atomic E-state index is -4.58. The molecule has 2 aliphatic rings. The zero-order chi connectivity index (χ0) is 19.4. The summed E-state index contributed by atoms with van der Waals surface area (Å²) in [6.45, 7) is 2.03. The predicted molar refractivity (Wildman–Crippen MR) is 106 cm³/mol. The molecular formula is C21H17BrF2O2S. The summed E-state index contributed by atoms with van der Waals surface area (Å²) in [5, 5.41) is 0. The predicted octanol–water partition coefficient (Wildman–Crippen LogP) is 6.01. The van der Waals surface area contributed by atoms with Gasteiger partial charge in [-0.1, -0.05) is 52.3 Å². The number of sulfone groups is 1. The maximum Gasteiger partial charge on any atom is 0.341 e. The molecule has 1 fully saturated rings. The van der Waals surface area contributed by atoms with Crippen LogP contribution in [0.1, 0.15) is 29.5 Å². The molecule has 0 unspecified atom stereocenters. The second kappa shape index (κ2) is 6.38. The molecule has 0 heterocycles. The lowest BCUT2D eigenvalue weighted by atomic mass is 9.94. The maximum absolute atomic E-state index is 12.8. The van der Waals surface area contributed by atoms with E-state index in [-0.39, 0.29) is 10.3 Å². The van der Waals surface area contributed by atoms with Crippen molar-refractivity contribution in [1.29, 1.82) is 0 Å². The molecule has 27 heavy (non-hydrogen) atoms. The second-order valence-electron chi connectivity index (χ2n) is 7.14. The molecular weight excluding hydrogens is 434 g/mol. The molecule has 0 aromatic heterocycles. The zero-order valence-electron chi connectivity index (χ0n) is 14.5. The number of rotatable bonds is 4. The Balaban J connectivity index is 1.74. The first kappa shape index (κ1) is 18.6. The minimum absolute atomic E-state index is 0.0827. The molecule has 2 aliphatic carbocycles. The van der Waals surface area contributed by atoms with E-state index in [1.807, 2.05) is 19.1 Å². The molecule has 2 aromatic rings. The fraction of sp³-hybridized carbons (Fsp3) is 0.238. The minimum Gasteiger partial charge on any atom is -0.218 e. The van der Waals surface area contributed by atoms with Crippen molar-refractivity contribution in [2.24, 2.45) is 5.41 Å². The SMILES string of the molecule is Cc1cc(C2=CC3(C=C2c2ccc(S(=O)(=O)C(F)F)cc2)CC3)ccc1Br. The van der Waals surface area contributed by atoms with Crippen molar-refractivity contribution in [2.45, 2.75) is 30.4 Å². The molecule has 2 aromatic carbocycles. The van der Waals surface area contributed by atoms with E-state index in [4.69, 9.17) is 0 Å². The molecule has 140 valence electrons. The van der Waals surface area contributed by atoms with Crippen LogP contribution >= 0.6 is 15.9 Å². The van der Waals surface area contributed by atoms with Gasteiger partial charge >= 0.3 is 5.76 Å². The Kier molecular flexibility index (Phi) is 4.39. The van der Waals surface area contributed by atoms with Crippen LogP contribution in [0, 0.1) is 12.3 Å². The Morgan fingerprint density at radius 2 is 1.52 bits per heavy atom. The van der Waals surface area contributed by atoms with E-state index in [0.29, 0.717) is 0 Å².